The monoisotopic (exact) mass is 575 g/mol. The molecule has 0 aliphatic carbocycles. The Hall–Kier alpha value is -3.56. The molecule has 0 saturated heterocycles. The number of thioether (sulfide) groups is 1. The van der Waals surface area contributed by atoms with Gasteiger partial charge in [0.2, 0.25) is 11.1 Å². The highest BCUT2D eigenvalue weighted by molar-refractivity contribution is 9.10. The fraction of sp³-hybridized carbons (Fsp3) is 0.179. The van der Waals surface area contributed by atoms with Crippen molar-refractivity contribution >= 4 is 45.2 Å². The van der Waals surface area contributed by atoms with Crippen molar-refractivity contribution in [3.05, 3.63) is 105 Å². The highest BCUT2D eigenvalue weighted by atomic mass is 79.9. The number of carbonyl (C=O) groups is 1. The Bertz CT molecular complexity index is 1460. The van der Waals surface area contributed by atoms with Crippen LogP contribution < -0.4 is 15.4 Å². The summed E-state index contributed by atoms with van der Waals surface area (Å²) in [5.74, 6) is 1.89. The molecule has 1 aromatic heterocycles. The number of methoxy groups -OCH3 is 1. The first-order valence-electron chi connectivity index (χ1n) is 11.8. The van der Waals surface area contributed by atoms with E-state index in [1.54, 1.807) is 23.6 Å². The fourth-order valence-corrected chi connectivity index (χ4v) is 5.40. The number of rotatable bonds is 7. The third-order valence-electron chi connectivity index (χ3n) is 6.23. The van der Waals surface area contributed by atoms with Gasteiger partial charge in [-0.3, -0.25) is 4.79 Å². The Labute approximate surface area is 228 Å². The standard InChI is InChI=1S/C28H26BrN5O2S/c1-17-6-4-5-7-20(17)16-37-28-32-27-30-18(2)24(26(35)31-22-12-14-23(36-3)15-13-22)25(34(27)33-28)19-8-10-21(29)11-9-19/h4-15,25H,16H2,1-3H3,(H,31,35)(H,30,32,33)/t25-/m0/s1. The molecule has 0 radical (unpaired) electrons. The minimum Gasteiger partial charge on any atom is -0.497 e. The van der Waals surface area contributed by atoms with Gasteiger partial charge < -0.3 is 15.4 Å². The van der Waals surface area contributed by atoms with Crippen molar-refractivity contribution in [2.45, 2.75) is 30.8 Å². The number of halogens is 1. The summed E-state index contributed by atoms with van der Waals surface area (Å²) in [7, 11) is 1.61. The number of hydrogen-bond acceptors (Lipinski definition) is 6. The van der Waals surface area contributed by atoms with E-state index in [1.165, 1.54) is 11.1 Å². The second kappa shape index (κ2) is 10.8. The van der Waals surface area contributed by atoms with Gasteiger partial charge in [-0.25, -0.2) is 4.68 Å². The molecule has 1 aliphatic rings. The molecule has 0 fully saturated rings. The van der Waals surface area contributed by atoms with E-state index in [9.17, 15) is 4.79 Å². The van der Waals surface area contributed by atoms with Gasteiger partial charge in [-0.15, -0.1) is 5.10 Å². The van der Waals surface area contributed by atoms with E-state index < -0.39 is 6.04 Å². The summed E-state index contributed by atoms with van der Waals surface area (Å²) in [6.45, 7) is 4.00. The second-order valence-corrected chi connectivity index (χ2v) is 10.5. The number of nitrogens with zero attached hydrogens (tertiary/aromatic N) is 3. The minimum atomic E-state index is -0.442. The van der Waals surface area contributed by atoms with Crippen LogP contribution in [0.15, 0.2) is 93.7 Å². The lowest BCUT2D eigenvalue weighted by atomic mass is 9.95. The first-order valence-corrected chi connectivity index (χ1v) is 13.5. The first-order chi connectivity index (χ1) is 17.9. The van der Waals surface area contributed by atoms with Gasteiger partial charge in [-0.05, 0) is 66.9 Å². The number of hydrogen-bond donors (Lipinski definition) is 2. The van der Waals surface area contributed by atoms with Crippen molar-refractivity contribution in [3.8, 4) is 5.75 Å². The topological polar surface area (TPSA) is 81.1 Å². The molecule has 5 rings (SSSR count). The number of ether oxygens (including phenoxy) is 1. The lowest BCUT2D eigenvalue weighted by Gasteiger charge is -2.28. The number of anilines is 2. The zero-order chi connectivity index (χ0) is 25.9. The van der Waals surface area contributed by atoms with Crippen LogP contribution in [0.2, 0.25) is 0 Å². The third-order valence-corrected chi connectivity index (χ3v) is 7.64. The minimum absolute atomic E-state index is 0.210. The SMILES string of the molecule is COc1ccc(NC(=O)C2=C(C)Nc3nc(SCc4ccccc4C)nn3[C@H]2c2ccc(Br)cc2)cc1. The van der Waals surface area contributed by atoms with Gasteiger partial charge in [0, 0.05) is 21.6 Å². The van der Waals surface area contributed by atoms with E-state index >= 15 is 0 Å². The normalized spacial score (nSPS) is 14.6. The molecule has 37 heavy (non-hydrogen) atoms. The van der Waals surface area contributed by atoms with Gasteiger partial charge in [0.15, 0.2) is 0 Å². The fourth-order valence-electron chi connectivity index (χ4n) is 4.23. The highest BCUT2D eigenvalue weighted by Gasteiger charge is 2.34. The molecule has 1 amide bonds. The average Bonchev–Trinajstić information content (AvgIpc) is 3.30. The molecule has 1 atom stereocenters. The highest BCUT2D eigenvalue weighted by Crippen LogP contribution is 2.37. The first kappa shape index (κ1) is 25.1. The summed E-state index contributed by atoms with van der Waals surface area (Å²) in [5, 5.41) is 11.8. The van der Waals surface area contributed by atoms with Crippen LogP contribution in [0.3, 0.4) is 0 Å². The maximum atomic E-state index is 13.6. The van der Waals surface area contributed by atoms with Crippen LogP contribution in [0.25, 0.3) is 0 Å². The van der Waals surface area contributed by atoms with Crippen LogP contribution in [0.4, 0.5) is 11.6 Å². The van der Waals surface area contributed by atoms with E-state index in [2.05, 4.69) is 45.6 Å². The zero-order valence-electron chi connectivity index (χ0n) is 20.7. The Morgan fingerprint density at radius 1 is 1.08 bits per heavy atom. The number of carbonyl (C=O) groups excluding carboxylic acids is 1. The molecule has 1 aliphatic heterocycles. The number of allylic oxidation sites excluding steroid dienone is 1. The molecular weight excluding hydrogens is 550 g/mol. The lowest BCUT2D eigenvalue weighted by molar-refractivity contribution is -0.113. The summed E-state index contributed by atoms with van der Waals surface area (Å²) in [6, 6.07) is 23.1. The van der Waals surface area contributed by atoms with Crippen molar-refractivity contribution in [1.82, 2.24) is 14.8 Å². The molecule has 0 bridgehead atoms. The lowest BCUT2D eigenvalue weighted by Crippen LogP contribution is -2.31. The smallest absolute Gasteiger partial charge is 0.255 e. The van der Waals surface area contributed by atoms with Gasteiger partial charge in [-0.1, -0.05) is 64.1 Å². The third kappa shape index (κ3) is 5.42. The molecule has 9 heteroatoms. The Morgan fingerprint density at radius 3 is 2.51 bits per heavy atom. The van der Waals surface area contributed by atoms with E-state index in [0.717, 1.165) is 27.2 Å². The van der Waals surface area contributed by atoms with Crippen LogP contribution in [-0.4, -0.2) is 27.8 Å². The molecule has 2 heterocycles. The number of fused-ring (bicyclic) bond motifs is 1. The molecule has 188 valence electrons. The number of aromatic nitrogens is 3. The predicted octanol–water partition coefficient (Wildman–Crippen LogP) is 6.58. The summed E-state index contributed by atoms with van der Waals surface area (Å²) in [5.41, 5.74) is 5.40. The molecule has 0 saturated carbocycles. The van der Waals surface area contributed by atoms with Gasteiger partial charge in [0.25, 0.3) is 5.91 Å². The Morgan fingerprint density at radius 2 is 1.81 bits per heavy atom. The summed E-state index contributed by atoms with van der Waals surface area (Å²) in [6.07, 6.45) is 0. The summed E-state index contributed by atoms with van der Waals surface area (Å²) < 4.78 is 8.00. The number of amides is 1. The second-order valence-electron chi connectivity index (χ2n) is 8.68. The van der Waals surface area contributed by atoms with Crippen LogP contribution in [0.1, 0.15) is 29.7 Å². The quantitative estimate of drug-likeness (QED) is 0.242. The van der Waals surface area contributed by atoms with Gasteiger partial charge in [0.1, 0.15) is 11.8 Å². The van der Waals surface area contributed by atoms with Crippen LogP contribution in [0, 0.1) is 6.92 Å². The van der Waals surface area contributed by atoms with Crippen molar-refractivity contribution in [1.29, 1.82) is 0 Å². The molecule has 4 aromatic rings. The van der Waals surface area contributed by atoms with Crippen molar-refractivity contribution < 1.29 is 9.53 Å². The van der Waals surface area contributed by atoms with E-state index in [-0.39, 0.29) is 5.91 Å². The average molecular weight is 577 g/mol. The van der Waals surface area contributed by atoms with Crippen molar-refractivity contribution in [3.63, 3.8) is 0 Å². The van der Waals surface area contributed by atoms with Gasteiger partial charge >= 0.3 is 0 Å². The molecule has 0 spiro atoms. The molecule has 3 aromatic carbocycles. The number of benzene rings is 3. The number of nitrogens with one attached hydrogen (secondary N) is 2. The molecule has 0 unspecified atom stereocenters. The van der Waals surface area contributed by atoms with E-state index in [0.29, 0.717) is 22.4 Å². The molecule has 2 N–H and O–H groups in total. The van der Waals surface area contributed by atoms with Crippen molar-refractivity contribution in [2.75, 3.05) is 17.7 Å². The summed E-state index contributed by atoms with van der Waals surface area (Å²) in [4.78, 5) is 18.4. The van der Waals surface area contributed by atoms with Gasteiger partial charge in [-0.2, -0.15) is 4.98 Å². The number of aryl methyl sites for hydroxylation is 1. The van der Waals surface area contributed by atoms with E-state index in [4.69, 9.17) is 14.8 Å². The van der Waals surface area contributed by atoms with Gasteiger partial charge in [0.05, 0.1) is 12.7 Å². The molecular formula is C28H26BrN5O2S. The Balaban J connectivity index is 1.47. The van der Waals surface area contributed by atoms with E-state index in [1.807, 2.05) is 67.6 Å². The largest absolute Gasteiger partial charge is 0.497 e. The summed E-state index contributed by atoms with van der Waals surface area (Å²) >= 11 is 5.09. The maximum absolute atomic E-state index is 13.6. The zero-order valence-corrected chi connectivity index (χ0v) is 23.1. The Kier molecular flexibility index (Phi) is 7.34. The molecule has 7 nitrogen and oxygen atoms in total. The predicted molar refractivity (Wildman–Crippen MR) is 151 cm³/mol. The maximum Gasteiger partial charge on any atom is 0.255 e. The van der Waals surface area contributed by atoms with Crippen LogP contribution in [-0.2, 0) is 10.5 Å². The van der Waals surface area contributed by atoms with Crippen molar-refractivity contribution in [2.24, 2.45) is 0 Å². The van der Waals surface area contributed by atoms with Crippen LogP contribution in [0.5, 0.6) is 5.75 Å². The van der Waals surface area contributed by atoms with Crippen LogP contribution >= 0.6 is 27.7 Å².